The lowest BCUT2D eigenvalue weighted by Gasteiger charge is -2.39. The van der Waals surface area contributed by atoms with E-state index in [-0.39, 0.29) is 33.8 Å². The van der Waals surface area contributed by atoms with Gasteiger partial charge in [-0.2, -0.15) is 0 Å². The second-order valence-electron chi connectivity index (χ2n) is 7.47. The second kappa shape index (κ2) is 8.89. The lowest BCUT2D eigenvalue weighted by Crippen LogP contribution is -2.60. The van der Waals surface area contributed by atoms with Crippen LogP contribution in [0.15, 0.2) is 45.8 Å². The summed E-state index contributed by atoms with van der Waals surface area (Å²) in [6.45, 7) is -0.667. The topological polar surface area (TPSA) is 179 Å². The van der Waals surface area contributed by atoms with Crippen molar-refractivity contribution in [2.45, 2.75) is 30.7 Å². The van der Waals surface area contributed by atoms with Gasteiger partial charge < -0.3 is 49.3 Å². The molecule has 4 rings (SSSR count). The normalized spacial score (nSPS) is 25.2. The molecule has 1 aliphatic rings. The monoisotopic (exact) mass is 462 g/mol. The first-order chi connectivity index (χ1) is 15.8. The minimum Gasteiger partial charge on any atom is -0.504 e. The number of aliphatic hydroxyl groups is 4. The zero-order valence-corrected chi connectivity index (χ0v) is 17.3. The Morgan fingerprint density at radius 1 is 1.00 bits per heavy atom. The van der Waals surface area contributed by atoms with Crippen molar-refractivity contribution in [1.29, 1.82) is 0 Å². The van der Waals surface area contributed by atoms with E-state index in [2.05, 4.69) is 0 Å². The molecule has 5 atom stereocenters. The molecule has 11 heteroatoms. The Morgan fingerprint density at radius 2 is 1.76 bits per heavy atom. The molecule has 1 fully saturated rings. The summed E-state index contributed by atoms with van der Waals surface area (Å²) < 4.78 is 21.4. The van der Waals surface area contributed by atoms with Crippen LogP contribution in [0, 0.1) is 0 Å². The molecule has 2 heterocycles. The fourth-order valence-electron chi connectivity index (χ4n) is 3.62. The number of phenolic OH excluding ortho intramolecular Hbond substituents is 2. The van der Waals surface area contributed by atoms with E-state index >= 15 is 0 Å². The molecule has 1 aromatic heterocycles. The minimum absolute atomic E-state index is 0.0141. The maximum atomic E-state index is 13.1. The fourth-order valence-corrected chi connectivity index (χ4v) is 3.62. The molecule has 0 spiro atoms. The Hall–Kier alpha value is -3.35. The first kappa shape index (κ1) is 22.8. The van der Waals surface area contributed by atoms with Crippen molar-refractivity contribution in [3.8, 4) is 34.1 Å². The molecule has 0 saturated carbocycles. The van der Waals surface area contributed by atoms with Crippen LogP contribution in [0.25, 0.3) is 22.1 Å². The standard InChI is InChI=1S/C22H22O11/c1-30-14-5-2-9(6-13(14)25)11-8-31-20-10(16(11)26)3-4-12(24)21(20)33-22-19(29)18(28)17(27)15(7-23)32-22/h2-6,8,15,17-19,22-25,27-29H,7H2,1H3/t15-,17-,18+,19-,22+/m1/s1. The summed E-state index contributed by atoms with van der Waals surface area (Å²) in [4.78, 5) is 13.1. The van der Waals surface area contributed by atoms with Crippen LogP contribution < -0.4 is 14.9 Å². The molecule has 0 radical (unpaired) electrons. The van der Waals surface area contributed by atoms with E-state index < -0.39 is 48.5 Å². The average molecular weight is 462 g/mol. The van der Waals surface area contributed by atoms with Crippen molar-refractivity contribution >= 4 is 11.0 Å². The van der Waals surface area contributed by atoms with Gasteiger partial charge in [-0.25, -0.2) is 0 Å². The highest BCUT2D eigenvalue weighted by Crippen LogP contribution is 2.38. The van der Waals surface area contributed by atoms with Crippen molar-refractivity contribution in [2.75, 3.05) is 13.7 Å². The number of hydrogen-bond acceptors (Lipinski definition) is 11. The van der Waals surface area contributed by atoms with E-state index in [1.54, 1.807) is 6.07 Å². The molecule has 0 aliphatic carbocycles. The van der Waals surface area contributed by atoms with Gasteiger partial charge in [0.15, 0.2) is 22.8 Å². The lowest BCUT2D eigenvalue weighted by atomic mass is 9.99. The quantitative estimate of drug-likeness (QED) is 0.302. The van der Waals surface area contributed by atoms with Gasteiger partial charge in [0.05, 0.1) is 24.7 Å². The Morgan fingerprint density at radius 3 is 2.42 bits per heavy atom. The second-order valence-corrected chi connectivity index (χ2v) is 7.47. The van der Waals surface area contributed by atoms with E-state index in [4.69, 9.17) is 18.6 Å². The van der Waals surface area contributed by atoms with Crippen molar-refractivity contribution in [3.63, 3.8) is 0 Å². The van der Waals surface area contributed by atoms with Gasteiger partial charge in [0.1, 0.15) is 30.7 Å². The predicted molar refractivity (Wildman–Crippen MR) is 112 cm³/mol. The van der Waals surface area contributed by atoms with Gasteiger partial charge in [-0.3, -0.25) is 4.79 Å². The maximum absolute atomic E-state index is 13.1. The molecular weight excluding hydrogens is 440 g/mol. The van der Waals surface area contributed by atoms with Crippen molar-refractivity contribution in [3.05, 3.63) is 46.8 Å². The number of fused-ring (bicyclic) bond motifs is 1. The van der Waals surface area contributed by atoms with Crippen LogP contribution in [0.4, 0.5) is 0 Å². The highest BCUT2D eigenvalue weighted by molar-refractivity contribution is 5.88. The first-order valence-corrected chi connectivity index (χ1v) is 9.88. The van der Waals surface area contributed by atoms with Crippen molar-refractivity contribution < 1.29 is 49.3 Å². The third kappa shape index (κ3) is 3.96. The molecule has 1 saturated heterocycles. The van der Waals surface area contributed by atoms with Crippen LogP contribution in [-0.4, -0.2) is 75.1 Å². The minimum atomic E-state index is -1.73. The highest BCUT2D eigenvalue weighted by Gasteiger charge is 2.45. The fraction of sp³-hybridized carbons (Fsp3) is 0.318. The molecule has 1 aliphatic heterocycles. The van der Waals surface area contributed by atoms with Crippen LogP contribution in [0.3, 0.4) is 0 Å². The van der Waals surface area contributed by atoms with Crippen LogP contribution >= 0.6 is 0 Å². The molecule has 0 amide bonds. The van der Waals surface area contributed by atoms with Crippen LogP contribution in [0.2, 0.25) is 0 Å². The number of ether oxygens (including phenoxy) is 3. The summed E-state index contributed by atoms with van der Waals surface area (Å²) in [5.74, 6) is -0.744. The summed E-state index contributed by atoms with van der Waals surface area (Å²) in [5, 5.41) is 59.8. The van der Waals surface area contributed by atoms with Gasteiger partial charge >= 0.3 is 0 Å². The molecular formula is C22H22O11. The zero-order valence-electron chi connectivity index (χ0n) is 17.3. The summed E-state index contributed by atoms with van der Waals surface area (Å²) >= 11 is 0. The van der Waals surface area contributed by atoms with E-state index in [0.717, 1.165) is 6.26 Å². The number of aliphatic hydroxyl groups excluding tert-OH is 4. The SMILES string of the molecule is COc1ccc(-c2coc3c(O[C@@H]4O[C@H](CO)[C@@H](O)[C@H](O)[C@H]4O)c(O)ccc3c2=O)cc1O. The number of methoxy groups -OCH3 is 1. The van der Waals surface area contributed by atoms with E-state index in [9.17, 15) is 35.4 Å². The number of rotatable bonds is 5. The molecule has 3 aromatic rings. The van der Waals surface area contributed by atoms with Gasteiger partial charge in [-0.05, 0) is 29.8 Å². The molecule has 2 aromatic carbocycles. The van der Waals surface area contributed by atoms with Crippen LogP contribution in [0.5, 0.6) is 23.0 Å². The van der Waals surface area contributed by atoms with Crippen LogP contribution in [-0.2, 0) is 4.74 Å². The summed E-state index contributed by atoms with van der Waals surface area (Å²) in [6, 6.07) is 6.86. The Kier molecular flexibility index (Phi) is 6.15. The van der Waals surface area contributed by atoms with Crippen LogP contribution in [0.1, 0.15) is 0 Å². The Labute approximate surface area is 186 Å². The molecule has 176 valence electrons. The van der Waals surface area contributed by atoms with E-state index in [1.165, 1.54) is 31.4 Å². The molecule has 0 bridgehead atoms. The summed E-state index contributed by atoms with van der Waals surface area (Å²) in [7, 11) is 1.39. The van der Waals surface area contributed by atoms with Gasteiger partial charge in [-0.15, -0.1) is 0 Å². The lowest BCUT2D eigenvalue weighted by molar-refractivity contribution is -0.277. The number of hydrogen-bond donors (Lipinski definition) is 6. The van der Waals surface area contributed by atoms with Crippen molar-refractivity contribution in [1.82, 2.24) is 0 Å². The summed E-state index contributed by atoms with van der Waals surface area (Å²) in [5.41, 5.74) is -0.198. The van der Waals surface area contributed by atoms with E-state index in [1.807, 2.05) is 0 Å². The van der Waals surface area contributed by atoms with Gasteiger partial charge in [-0.1, -0.05) is 6.07 Å². The number of benzene rings is 2. The third-order valence-electron chi connectivity index (χ3n) is 5.45. The third-order valence-corrected chi connectivity index (χ3v) is 5.45. The van der Waals surface area contributed by atoms with Gasteiger partial charge in [0.2, 0.25) is 17.5 Å². The highest BCUT2D eigenvalue weighted by atomic mass is 16.7. The molecule has 6 N–H and O–H groups in total. The first-order valence-electron chi connectivity index (χ1n) is 9.88. The number of aromatic hydroxyl groups is 2. The van der Waals surface area contributed by atoms with E-state index in [0.29, 0.717) is 5.56 Å². The zero-order chi connectivity index (χ0) is 23.9. The Balaban J connectivity index is 1.75. The average Bonchev–Trinajstić information content (AvgIpc) is 2.81. The molecule has 0 unspecified atom stereocenters. The van der Waals surface area contributed by atoms with Gasteiger partial charge in [0.25, 0.3) is 0 Å². The largest absolute Gasteiger partial charge is 0.504 e. The molecule has 33 heavy (non-hydrogen) atoms. The number of phenols is 2. The molecule has 11 nitrogen and oxygen atoms in total. The summed E-state index contributed by atoms with van der Waals surface area (Å²) in [6.07, 6.45) is -6.73. The Bertz CT molecular complexity index is 1220. The van der Waals surface area contributed by atoms with Gasteiger partial charge in [0, 0.05) is 0 Å². The maximum Gasteiger partial charge on any atom is 0.229 e. The smallest absolute Gasteiger partial charge is 0.229 e. The van der Waals surface area contributed by atoms with Crippen molar-refractivity contribution in [2.24, 2.45) is 0 Å². The predicted octanol–water partition coefficient (Wildman–Crippen LogP) is 0.0585.